The fourth-order valence-electron chi connectivity index (χ4n) is 3.01. The SMILES string of the molecule is CC(C)c1cc(CNCCN2CC=C(c3ccc(Cl)c(Cl)c3)CC2)on1. The molecule has 0 unspecified atom stereocenters. The summed E-state index contributed by atoms with van der Waals surface area (Å²) in [4.78, 5) is 2.44. The molecule has 1 N–H and O–H groups in total. The molecule has 0 bridgehead atoms. The lowest BCUT2D eigenvalue weighted by molar-refractivity contribution is 0.296. The minimum Gasteiger partial charge on any atom is -0.360 e. The third-order valence-electron chi connectivity index (χ3n) is 4.66. The maximum absolute atomic E-state index is 6.13. The van der Waals surface area contributed by atoms with E-state index >= 15 is 0 Å². The third kappa shape index (κ3) is 5.10. The number of aromatic nitrogens is 1. The molecule has 0 saturated heterocycles. The van der Waals surface area contributed by atoms with Gasteiger partial charge in [0.2, 0.25) is 0 Å². The van der Waals surface area contributed by atoms with Gasteiger partial charge in [0.15, 0.2) is 5.76 Å². The normalized spacial score (nSPS) is 15.5. The first-order valence-electron chi connectivity index (χ1n) is 9.06. The van der Waals surface area contributed by atoms with Crippen LogP contribution in [-0.2, 0) is 6.54 Å². The highest BCUT2D eigenvalue weighted by atomic mass is 35.5. The highest BCUT2D eigenvalue weighted by Gasteiger charge is 2.14. The van der Waals surface area contributed by atoms with Gasteiger partial charge in [-0.1, -0.05) is 54.3 Å². The molecule has 0 saturated carbocycles. The Labute approximate surface area is 165 Å². The van der Waals surface area contributed by atoms with Gasteiger partial charge in [0.25, 0.3) is 0 Å². The van der Waals surface area contributed by atoms with Gasteiger partial charge in [-0.05, 0) is 35.6 Å². The third-order valence-corrected chi connectivity index (χ3v) is 5.40. The van der Waals surface area contributed by atoms with Gasteiger partial charge in [-0.3, -0.25) is 4.90 Å². The lowest BCUT2D eigenvalue weighted by Gasteiger charge is -2.26. The first-order chi connectivity index (χ1) is 12.5. The smallest absolute Gasteiger partial charge is 0.150 e. The van der Waals surface area contributed by atoms with E-state index in [0.717, 1.165) is 50.6 Å². The number of benzene rings is 1. The Balaban J connectivity index is 1.42. The van der Waals surface area contributed by atoms with Gasteiger partial charge in [0.05, 0.1) is 22.3 Å². The molecule has 1 aliphatic heterocycles. The summed E-state index contributed by atoms with van der Waals surface area (Å²) in [5.41, 5.74) is 3.52. The van der Waals surface area contributed by atoms with Crippen molar-refractivity contribution < 1.29 is 4.52 Å². The van der Waals surface area contributed by atoms with E-state index < -0.39 is 0 Å². The number of halogens is 2. The van der Waals surface area contributed by atoms with Crippen molar-refractivity contribution in [2.45, 2.75) is 32.7 Å². The molecule has 0 spiro atoms. The Hall–Kier alpha value is -1.33. The number of rotatable bonds is 7. The van der Waals surface area contributed by atoms with E-state index in [4.69, 9.17) is 27.7 Å². The lowest BCUT2D eigenvalue weighted by atomic mass is 9.99. The summed E-state index contributed by atoms with van der Waals surface area (Å²) in [7, 11) is 0. The monoisotopic (exact) mass is 393 g/mol. The minimum atomic E-state index is 0.400. The van der Waals surface area contributed by atoms with E-state index in [-0.39, 0.29) is 0 Å². The van der Waals surface area contributed by atoms with E-state index in [9.17, 15) is 0 Å². The van der Waals surface area contributed by atoms with Crippen molar-refractivity contribution in [3.63, 3.8) is 0 Å². The second-order valence-corrected chi connectivity index (χ2v) is 7.77. The molecule has 0 atom stereocenters. The van der Waals surface area contributed by atoms with Gasteiger partial charge in [0.1, 0.15) is 0 Å². The molecule has 3 rings (SSSR count). The number of nitrogens with zero attached hydrogens (tertiary/aromatic N) is 2. The summed E-state index contributed by atoms with van der Waals surface area (Å²) in [5, 5.41) is 8.73. The predicted molar refractivity (Wildman–Crippen MR) is 108 cm³/mol. The van der Waals surface area contributed by atoms with Gasteiger partial charge < -0.3 is 9.84 Å². The topological polar surface area (TPSA) is 41.3 Å². The van der Waals surface area contributed by atoms with Crippen LogP contribution in [0.5, 0.6) is 0 Å². The average molecular weight is 394 g/mol. The molecule has 0 aliphatic carbocycles. The first kappa shape index (κ1) is 19.4. The standard InChI is InChI=1S/C20H25Cl2N3O/c1-14(2)20-12-17(26-24-20)13-23-7-10-25-8-5-15(6-9-25)16-3-4-18(21)19(22)11-16/h3-5,11-12,14,23H,6-10,13H2,1-2H3. The predicted octanol–water partition coefficient (Wildman–Crippen LogP) is 4.98. The van der Waals surface area contributed by atoms with E-state index in [1.54, 1.807) is 0 Å². The Bertz CT molecular complexity index is 770. The van der Waals surface area contributed by atoms with Crippen LogP contribution in [0.2, 0.25) is 10.0 Å². The molecule has 2 heterocycles. The maximum atomic E-state index is 6.13. The van der Waals surface area contributed by atoms with Crippen molar-refractivity contribution in [1.82, 2.24) is 15.4 Å². The lowest BCUT2D eigenvalue weighted by Crippen LogP contribution is -2.34. The van der Waals surface area contributed by atoms with Gasteiger partial charge in [-0.2, -0.15) is 0 Å². The van der Waals surface area contributed by atoms with Crippen LogP contribution < -0.4 is 5.32 Å². The first-order valence-corrected chi connectivity index (χ1v) is 9.81. The summed E-state index contributed by atoms with van der Waals surface area (Å²) in [6, 6.07) is 7.89. The largest absolute Gasteiger partial charge is 0.360 e. The summed E-state index contributed by atoms with van der Waals surface area (Å²) < 4.78 is 5.34. The van der Waals surface area contributed by atoms with Crippen LogP contribution in [0.25, 0.3) is 5.57 Å². The summed E-state index contributed by atoms with van der Waals surface area (Å²) in [6.07, 6.45) is 3.31. The zero-order chi connectivity index (χ0) is 18.5. The molecule has 6 heteroatoms. The second-order valence-electron chi connectivity index (χ2n) is 6.96. The van der Waals surface area contributed by atoms with Crippen molar-refractivity contribution >= 4 is 28.8 Å². The Morgan fingerprint density at radius 3 is 2.73 bits per heavy atom. The number of nitrogens with one attached hydrogen (secondary N) is 1. The molecule has 2 aromatic rings. The van der Waals surface area contributed by atoms with E-state index in [2.05, 4.69) is 35.3 Å². The van der Waals surface area contributed by atoms with Crippen LogP contribution >= 0.6 is 23.2 Å². The van der Waals surface area contributed by atoms with Gasteiger partial charge in [0, 0.05) is 32.2 Å². The highest BCUT2D eigenvalue weighted by Crippen LogP contribution is 2.28. The molecule has 0 fully saturated rings. The summed E-state index contributed by atoms with van der Waals surface area (Å²) >= 11 is 12.1. The van der Waals surface area contributed by atoms with Crippen LogP contribution in [0.4, 0.5) is 0 Å². The van der Waals surface area contributed by atoms with E-state index in [1.165, 1.54) is 11.1 Å². The molecule has 1 aromatic carbocycles. The molecular weight excluding hydrogens is 369 g/mol. The molecule has 140 valence electrons. The number of hydrogen-bond donors (Lipinski definition) is 1. The molecular formula is C20H25Cl2N3O. The molecule has 4 nitrogen and oxygen atoms in total. The van der Waals surface area contributed by atoms with Crippen molar-refractivity contribution in [3.05, 3.63) is 57.4 Å². The number of hydrogen-bond acceptors (Lipinski definition) is 4. The second kappa shape index (κ2) is 9.05. The van der Waals surface area contributed by atoms with Crippen molar-refractivity contribution in [2.75, 3.05) is 26.2 Å². The van der Waals surface area contributed by atoms with Crippen LogP contribution in [0.3, 0.4) is 0 Å². The average Bonchev–Trinajstić information content (AvgIpc) is 3.11. The van der Waals surface area contributed by atoms with E-state index in [1.807, 2.05) is 24.3 Å². The molecule has 26 heavy (non-hydrogen) atoms. The van der Waals surface area contributed by atoms with Gasteiger partial charge in [-0.15, -0.1) is 0 Å². The minimum absolute atomic E-state index is 0.400. The van der Waals surface area contributed by atoms with Crippen LogP contribution in [0.1, 0.15) is 43.2 Å². The quantitative estimate of drug-likeness (QED) is 0.673. The molecule has 0 amide bonds. The molecule has 1 aliphatic rings. The fraction of sp³-hybridized carbons (Fsp3) is 0.450. The van der Waals surface area contributed by atoms with Gasteiger partial charge >= 0.3 is 0 Å². The van der Waals surface area contributed by atoms with Crippen molar-refractivity contribution in [2.24, 2.45) is 0 Å². The summed E-state index contributed by atoms with van der Waals surface area (Å²) in [5.74, 6) is 1.30. The van der Waals surface area contributed by atoms with Crippen LogP contribution in [-0.4, -0.2) is 36.2 Å². The Morgan fingerprint density at radius 2 is 2.08 bits per heavy atom. The zero-order valence-electron chi connectivity index (χ0n) is 15.3. The van der Waals surface area contributed by atoms with Crippen LogP contribution in [0.15, 0.2) is 34.9 Å². The summed E-state index contributed by atoms with van der Waals surface area (Å²) in [6.45, 7) is 8.89. The molecule has 1 aromatic heterocycles. The maximum Gasteiger partial charge on any atom is 0.150 e. The molecule has 0 radical (unpaired) electrons. The van der Waals surface area contributed by atoms with Crippen molar-refractivity contribution in [3.8, 4) is 0 Å². The Morgan fingerprint density at radius 1 is 1.23 bits per heavy atom. The van der Waals surface area contributed by atoms with Gasteiger partial charge in [-0.25, -0.2) is 0 Å². The van der Waals surface area contributed by atoms with Crippen LogP contribution in [0, 0.1) is 0 Å². The van der Waals surface area contributed by atoms with Crippen molar-refractivity contribution in [1.29, 1.82) is 0 Å². The zero-order valence-corrected chi connectivity index (χ0v) is 16.8. The Kier molecular flexibility index (Phi) is 6.76. The fourth-order valence-corrected chi connectivity index (χ4v) is 3.30. The van der Waals surface area contributed by atoms with E-state index in [0.29, 0.717) is 16.0 Å². The highest BCUT2D eigenvalue weighted by molar-refractivity contribution is 6.42.